The number of benzene rings is 2. The van der Waals surface area contributed by atoms with E-state index < -0.39 is 0 Å². The van der Waals surface area contributed by atoms with Crippen LogP contribution in [0.25, 0.3) is 0 Å². The van der Waals surface area contributed by atoms with Crippen molar-refractivity contribution in [3.8, 4) is 0 Å². The van der Waals surface area contributed by atoms with Crippen LogP contribution in [0.2, 0.25) is 0 Å². The Morgan fingerprint density at radius 2 is 1.72 bits per heavy atom. The van der Waals surface area contributed by atoms with Gasteiger partial charge in [0.15, 0.2) is 0 Å². The molecule has 0 aromatic heterocycles. The van der Waals surface area contributed by atoms with Crippen LogP contribution in [-0.4, -0.2) is 36.3 Å². The topological polar surface area (TPSA) is 52.7 Å². The molecule has 2 amide bonds. The highest BCUT2D eigenvalue weighted by Gasteiger charge is 2.34. The second-order valence-electron chi connectivity index (χ2n) is 8.34. The monoisotopic (exact) mass is 391 g/mol. The number of hydrogen-bond donors (Lipinski definition) is 1. The predicted octanol–water partition coefficient (Wildman–Crippen LogP) is 3.91. The number of para-hydroxylation sites is 2. The van der Waals surface area contributed by atoms with E-state index in [0.29, 0.717) is 13.1 Å². The van der Waals surface area contributed by atoms with Gasteiger partial charge in [-0.3, -0.25) is 9.59 Å². The molecule has 152 valence electrons. The molecule has 29 heavy (non-hydrogen) atoms. The number of nitrogens with zero attached hydrogens (tertiary/aromatic N) is 2. The minimum atomic E-state index is -0.305. The van der Waals surface area contributed by atoms with Crippen molar-refractivity contribution in [2.45, 2.75) is 32.7 Å². The molecule has 2 saturated heterocycles. The fraction of sp³-hybridized carbons (Fsp3) is 0.417. The molecule has 0 aliphatic carbocycles. The van der Waals surface area contributed by atoms with Crippen LogP contribution < -0.4 is 10.2 Å². The number of nitrogens with one attached hydrogen (secondary N) is 1. The van der Waals surface area contributed by atoms with E-state index in [9.17, 15) is 9.59 Å². The van der Waals surface area contributed by atoms with Gasteiger partial charge in [0, 0.05) is 32.6 Å². The van der Waals surface area contributed by atoms with Gasteiger partial charge in [0.25, 0.3) is 0 Å². The Morgan fingerprint density at radius 3 is 2.48 bits per heavy atom. The smallest absolute Gasteiger partial charge is 0.229 e. The molecule has 0 saturated carbocycles. The van der Waals surface area contributed by atoms with Gasteiger partial charge < -0.3 is 15.1 Å². The standard InChI is InChI=1S/C24H29N3O2/c1-18-11-13-26(14-12-18)22-10-6-5-9-21(22)25-24(29)20-15-23(28)27(17-20)16-19-7-3-2-4-8-19/h2-10,18,20H,11-17H2,1H3,(H,25,29)/t20-/m0/s1. The number of rotatable bonds is 5. The fourth-order valence-corrected chi connectivity index (χ4v) is 4.24. The largest absolute Gasteiger partial charge is 0.370 e. The van der Waals surface area contributed by atoms with Crippen LogP contribution in [0.15, 0.2) is 54.6 Å². The summed E-state index contributed by atoms with van der Waals surface area (Å²) in [6, 6.07) is 17.9. The summed E-state index contributed by atoms with van der Waals surface area (Å²) >= 11 is 0. The lowest BCUT2D eigenvalue weighted by molar-refractivity contribution is -0.128. The van der Waals surface area contributed by atoms with Crippen molar-refractivity contribution in [2.24, 2.45) is 11.8 Å². The summed E-state index contributed by atoms with van der Waals surface area (Å²) in [5.74, 6) is 0.438. The van der Waals surface area contributed by atoms with Crippen LogP contribution in [0.4, 0.5) is 11.4 Å². The zero-order chi connectivity index (χ0) is 20.2. The van der Waals surface area contributed by atoms with Crippen LogP contribution in [0.3, 0.4) is 0 Å². The van der Waals surface area contributed by atoms with E-state index in [1.54, 1.807) is 4.90 Å². The summed E-state index contributed by atoms with van der Waals surface area (Å²) in [4.78, 5) is 29.5. The maximum absolute atomic E-state index is 12.9. The van der Waals surface area contributed by atoms with Crippen molar-refractivity contribution in [1.29, 1.82) is 0 Å². The van der Waals surface area contributed by atoms with Crippen LogP contribution in [0.5, 0.6) is 0 Å². The molecule has 0 spiro atoms. The third-order valence-corrected chi connectivity index (χ3v) is 6.09. The van der Waals surface area contributed by atoms with Crippen molar-refractivity contribution in [3.05, 3.63) is 60.2 Å². The zero-order valence-electron chi connectivity index (χ0n) is 17.0. The van der Waals surface area contributed by atoms with Gasteiger partial charge in [0.1, 0.15) is 0 Å². The first-order chi connectivity index (χ1) is 14.1. The second kappa shape index (κ2) is 8.68. The molecule has 2 aliphatic heterocycles. The van der Waals surface area contributed by atoms with E-state index in [1.165, 1.54) is 12.8 Å². The molecular weight excluding hydrogens is 362 g/mol. The number of hydrogen-bond acceptors (Lipinski definition) is 3. The average molecular weight is 392 g/mol. The molecule has 1 N–H and O–H groups in total. The van der Waals surface area contributed by atoms with Crippen LogP contribution in [0, 0.1) is 11.8 Å². The zero-order valence-corrected chi connectivity index (χ0v) is 17.0. The molecule has 4 rings (SSSR count). The molecule has 2 aliphatic rings. The Balaban J connectivity index is 1.40. The molecular formula is C24H29N3O2. The number of anilines is 2. The van der Waals surface area contributed by atoms with E-state index in [0.717, 1.165) is 35.9 Å². The molecule has 0 bridgehead atoms. The second-order valence-corrected chi connectivity index (χ2v) is 8.34. The van der Waals surface area contributed by atoms with Gasteiger partial charge >= 0.3 is 0 Å². The highest BCUT2D eigenvalue weighted by molar-refractivity contribution is 5.99. The first kappa shape index (κ1) is 19.5. The maximum Gasteiger partial charge on any atom is 0.229 e. The summed E-state index contributed by atoms with van der Waals surface area (Å²) in [5, 5.41) is 3.11. The van der Waals surface area contributed by atoms with Gasteiger partial charge in [0.2, 0.25) is 11.8 Å². The van der Waals surface area contributed by atoms with E-state index in [-0.39, 0.29) is 24.2 Å². The van der Waals surface area contributed by atoms with Gasteiger partial charge in [-0.05, 0) is 36.5 Å². The molecule has 2 aromatic carbocycles. The predicted molar refractivity (Wildman–Crippen MR) is 116 cm³/mol. The number of likely N-dealkylation sites (tertiary alicyclic amines) is 1. The molecule has 2 heterocycles. The lowest BCUT2D eigenvalue weighted by atomic mass is 9.98. The third-order valence-electron chi connectivity index (χ3n) is 6.09. The normalized spacial score (nSPS) is 20.2. The van der Waals surface area contributed by atoms with E-state index in [1.807, 2.05) is 48.5 Å². The van der Waals surface area contributed by atoms with Crippen LogP contribution in [-0.2, 0) is 16.1 Å². The fourth-order valence-electron chi connectivity index (χ4n) is 4.24. The lowest BCUT2D eigenvalue weighted by Gasteiger charge is -2.33. The number of carbonyl (C=O) groups excluding carboxylic acids is 2. The summed E-state index contributed by atoms with van der Waals surface area (Å²) in [6.45, 7) is 5.36. The Hall–Kier alpha value is -2.82. The van der Waals surface area contributed by atoms with Gasteiger partial charge in [-0.1, -0.05) is 49.4 Å². The van der Waals surface area contributed by atoms with Gasteiger partial charge in [0.05, 0.1) is 17.3 Å². The highest BCUT2D eigenvalue weighted by atomic mass is 16.2. The summed E-state index contributed by atoms with van der Waals surface area (Å²) in [7, 11) is 0. The third kappa shape index (κ3) is 4.61. The van der Waals surface area contributed by atoms with E-state index >= 15 is 0 Å². The van der Waals surface area contributed by atoms with Crippen molar-refractivity contribution in [3.63, 3.8) is 0 Å². The molecule has 5 heteroatoms. The Bertz CT molecular complexity index is 859. The molecule has 2 fully saturated rings. The van der Waals surface area contributed by atoms with Gasteiger partial charge in [-0.15, -0.1) is 0 Å². The quantitative estimate of drug-likeness (QED) is 0.841. The van der Waals surface area contributed by atoms with Crippen molar-refractivity contribution >= 4 is 23.2 Å². The summed E-state index contributed by atoms with van der Waals surface area (Å²) in [6.07, 6.45) is 2.63. The Kier molecular flexibility index (Phi) is 5.84. The summed E-state index contributed by atoms with van der Waals surface area (Å²) < 4.78 is 0. The van der Waals surface area contributed by atoms with Crippen molar-refractivity contribution in [1.82, 2.24) is 4.90 Å². The minimum Gasteiger partial charge on any atom is -0.370 e. The number of amides is 2. The first-order valence-electron chi connectivity index (χ1n) is 10.6. The molecule has 0 unspecified atom stereocenters. The van der Waals surface area contributed by atoms with Crippen LogP contribution >= 0.6 is 0 Å². The minimum absolute atomic E-state index is 0.0484. The summed E-state index contributed by atoms with van der Waals surface area (Å²) in [5.41, 5.74) is 3.02. The first-order valence-corrected chi connectivity index (χ1v) is 10.6. The molecule has 0 radical (unpaired) electrons. The van der Waals surface area contributed by atoms with Gasteiger partial charge in [-0.25, -0.2) is 0 Å². The van der Waals surface area contributed by atoms with Crippen molar-refractivity contribution in [2.75, 3.05) is 29.9 Å². The highest BCUT2D eigenvalue weighted by Crippen LogP contribution is 2.31. The number of piperidine rings is 1. The van der Waals surface area contributed by atoms with Crippen molar-refractivity contribution < 1.29 is 9.59 Å². The van der Waals surface area contributed by atoms with E-state index in [2.05, 4.69) is 23.2 Å². The van der Waals surface area contributed by atoms with Gasteiger partial charge in [-0.2, -0.15) is 0 Å². The Labute approximate surface area is 172 Å². The Morgan fingerprint density at radius 1 is 1.03 bits per heavy atom. The SMILES string of the molecule is CC1CCN(c2ccccc2NC(=O)[C@H]2CC(=O)N(Cc3ccccc3)C2)CC1. The molecule has 5 nitrogen and oxygen atoms in total. The number of carbonyl (C=O) groups is 2. The van der Waals surface area contributed by atoms with E-state index in [4.69, 9.17) is 0 Å². The molecule has 2 aromatic rings. The van der Waals surface area contributed by atoms with Crippen LogP contribution in [0.1, 0.15) is 31.7 Å². The maximum atomic E-state index is 12.9. The lowest BCUT2D eigenvalue weighted by Crippen LogP contribution is -2.34. The average Bonchev–Trinajstić information content (AvgIpc) is 3.10. The molecule has 1 atom stereocenters.